The molecular formula is C20H25ClN4O3S. The first kappa shape index (κ1) is 20.2. The second-order valence-corrected chi connectivity index (χ2v) is 10.5. The molecule has 1 atom stereocenters. The fraction of sp³-hybridized carbons (Fsp3) is 0.500. The fourth-order valence-electron chi connectivity index (χ4n) is 4.37. The number of amides is 1. The minimum atomic E-state index is -2.96. The van der Waals surface area contributed by atoms with Crippen molar-refractivity contribution in [2.45, 2.75) is 26.3 Å². The lowest BCUT2D eigenvalue weighted by Gasteiger charge is -2.36. The molecule has 2 fully saturated rings. The van der Waals surface area contributed by atoms with Gasteiger partial charge in [-0.1, -0.05) is 17.7 Å². The molecule has 4 rings (SSSR count). The highest BCUT2D eigenvalue weighted by Crippen LogP contribution is 2.31. The van der Waals surface area contributed by atoms with Crippen molar-refractivity contribution in [2.75, 3.05) is 42.6 Å². The number of halogens is 1. The van der Waals surface area contributed by atoms with E-state index in [1.807, 2.05) is 23.4 Å². The zero-order chi connectivity index (χ0) is 20.8. The summed E-state index contributed by atoms with van der Waals surface area (Å²) in [7, 11) is -2.96. The number of hydrogen-bond donors (Lipinski definition) is 0. The van der Waals surface area contributed by atoms with Gasteiger partial charge in [0.1, 0.15) is 0 Å². The van der Waals surface area contributed by atoms with E-state index in [2.05, 4.69) is 10.00 Å². The highest BCUT2D eigenvalue weighted by atomic mass is 35.5. The molecule has 0 N–H and O–H groups in total. The van der Waals surface area contributed by atoms with Crippen LogP contribution in [0.1, 0.15) is 34.2 Å². The first-order valence-electron chi connectivity index (χ1n) is 9.81. The molecule has 0 radical (unpaired) electrons. The molecule has 29 heavy (non-hydrogen) atoms. The van der Waals surface area contributed by atoms with E-state index in [9.17, 15) is 13.2 Å². The Hall–Kier alpha value is -2.06. The predicted octanol–water partition coefficient (Wildman–Crippen LogP) is 2.48. The van der Waals surface area contributed by atoms with Gasteiger partial charge in [0.2, 0.25) is 0 Å². The molecule has 1 aromatic heterocycles. The van der Waals surface area contributed by atoms with Crippen LogP contribution in [0.15, 0.2) is 24.3 Å². The van der Waals surface area contributed by atoms with E-state index in [0.717, 1.165) is 17.1 Å². The zero-order valence-electron chi connectivity index (χ0n) is 16.6. The van der Waals surface area contributed by atoms with Gasteiger partial charge in [-0.2, -0.15) is 5.10 Å². The van der Waals surface area contributed by atoms with Crippen LogP contribution in [-0.4, -0.2) is 66.7 Å². The number of carbonyl (C=O) groups excluding carboxylic acids is 1. The molecular weight excluding hydrogens is 412 g/mol. The summed E-state index contributed by atoms with van der Waals surface area (Å²) < 4.78 is 25.6. The number of rotatable bonds is 3. The van der Waals surface area contributed by atoms with Crippen LogP contribution in [0.4, 0.5) is 5.69 Å². The predicted molar refractivity (Wildman–Crippen MR) is 114 cm³/mol. The number of sulfone groups is 1. The van der Waals surface area contributed by atoms with E-state index in [1.165, 1.54) is 0 Å². The number of aryl methyl sites for hydroxylation is 1. The van der Waals surface area contributed by atoms with Crippen molar-refractivity contribution in [3.63, 3.8) is 0 Å². The summed E-state index contributed by atoms with van der Waals surface area (Å²) in [6.07, 6.45) is 0.617. The third-order valence-electron chi connectivity index (χ3n) is 5.80. The van der Waals surface area contributed by atoms with Gasteiger partial charge in [-0.3, -0.25) is 9.48 Å². The lowest BCUT2D eigenvalue weighted by Crippen LogP contribution is -2.49. The molecule has 1 amide bonds. The fourth-order valence-corrected chi connectivity index (χ4v) is 6.26. The normalized spacial score (nSPS) is 21.6. The smallest absolute Gasteiger partial charge is 0.254 e. The highest BCUT2D eigenvalue weighted by Gasteiger charge is 2.33. The van der Waals surface area contributed by atoms with Crippen molar-refractivity contribution in [3.8, 4) is 0 Å². The maximum atomic E-state index is 12.7. The van der Waals surface area contributed by atoms with Crippen molar-refractivity contribution in [1.29, 1.82) is 0 Å². The highest BCUT2D eigenvalue weighted by molar-refractivity contribution is 7.91. The van der Waals surface area contributed by atoms with Gasteiger partial charge in [0.05, 0.1) is 34.6 Å². The minimum absolute atomic E-state index is 0.00699. The molecule has 3 heterocycles. The Balaban J connectivity index is 1.47. The van der Waals surface area contributed by atoms with Gasteiger partial charge in [-0.15, -0.1) is 0 Å². The van der Waals surface area contributed by atoms with Crippen molar-refractivity contribution >= 4 is 33.0 Å². The summed E-state index contributed by atoms with van der Waals surface area (Å²) in [4.78, 5) is 16.8. The number of piperazine rings is 1. The van der Waals surface area contributed by atoms with Gasteiger partial charge in [0, 0.05) is 36.8 Å². The molecule has 0 saturated carbocycles. The molecule has 9 heteroatoms. The van der Waals surface area contributed by atoms with E-state index in [0.29, 0.717) is 43.2 Å². The van der Waals surface area contributed by atoms with Crippen LogP contribution < -0.4 is 4.90 Å². The summed E-state index contributed by atoms with van der Waals surface area (Å²) in [6.45, 7) is 6.63. The van der Waals surface area contributed by atoms with E-state index in [4.69, 9.17) is 11.6 Å². The minimum Gasteiger partial charge on any atom is -0.365 e. The van der Waals surface area contributed by atoms with Crippen molar-refractivity contribution in [2.24, 2.45) is 0 Å². The van der Waals surface area contributed by atoms with Crippen LogP contribution in [0.25, 0.3) is 0 Å². The zero-order valence-corrected chi connectivity index (χ0v) is 18.2. The average molecular weight is 437 g/mol. The lowest BCUT2D eigenvalue weighted by atomic mass is 10.1. The first-order valence-corrected chi connectivity index (χ1v) is 12.0. The summed E-state index contributed by atoms with van der Waals surface area (Å²) in [6, 6.07) is 6.95. The number of carbonyl (C=O) groups is 1. The molecule has 2 aliphatic heterocycles. The number of anilines is 1. The third kappa shape index (κ3) is 4.00. The van der Waals surface area contributed by atoms with E-state index >= 15 is 0 Å². The SMILES string of the molecule is Cc1nn(C2CCS(=O)(=O)C2)c(C)c1N1CCN(C(=O)c2cccc(Cl)c2)CC1. The Kier molecular flexibility index (Phi) is 5.33. The Morgan fingerprint density at radius 2 is 1.90 bits per heavy atom. The van der Waals surface area contributed by atoms with E-state index in [-0.39, 0.29) is 23.5 Å². The molecule has 0 aliphatic carbocycles. The third-order valence-corrected chi connectivity index (χ3v) is 7.78. The van der Waals surface area contributed by atoms with Crippen molar-refractivity contribution in [1.82, 2.24) is 14.7 Å². The lowest BCUT2D eigenvalue weighted by molar-refractivity contribution is 0.0746. The summed E-state index contributed by atoms with van der Waals surface area (Å²) >= 11 is 6.01. The van der Waals surface area contributed by atoms with Crippen LogP contribution in [0.5, 0.6) is 0 Å². The number of aromatic nitrogens is 2. The first-order chi connectivity index (χ1) is 13.7. The molecule has 2 saturated heterocycles. The molecule has 2 aliphatic rings. The Morgan fingerprint density at radius 3 is 2.52 bits per heavy atom. The Morgan fingerprint density at radius 1 is 1.17 bits per heavy atom. The molecule has 156 valence electrons. The maximum Gasteiger partial charge on any atom is 0.254 e. The average Bonchev–Trinajstić information content (AvgIpc) is 3.19. The number of nitrogens with zero attached hydrogens (tertiary/aromatic N) is 4. The molecule has 2 aromatic rings. The molecule has 1 unspecified atom stereocenters. The number of hydrogen-bond acceptors (Lipinski definition) is 5. The van der Waals surface area contributed by atoms with Gasteiger partial charge < -0.3 is 9.80 Å². The Bertz CT molecular complexity index is 1040. The van der Waals surface area contributed by atoms with Gasteiger partial charge in [-0.25, -0.2) is 8.42 Å². The summed E-state index contributed by atoms with van der Waals surface area (Å²) in [5.74, 6) is 0.388. The van der Waals surface area contributed by atoms with Crippen LogP contribution in [0, 0.1) is 13.8 Å². The second-order valence-electron chi connectivity index (χ2n) is 7.81. The van der Waals surface area contributed by atoms with Gasteiger partial charge in [0.15, 0.2) is 9.84 Å². The Labute approximate surface area is 176 Å². The van der Waals surface area contributed by atoms with E-state index < -0.39 is 9.84 Å². The summed E-state index contributed by atoms with van der Waals surface area (Å²) in [5, 5.41) is 5.22. The topological polar surface area (TPSA) is 75.5 Å². The molecule has 7 nitrogen and oxygen atoms in total. The van der Waals surface area contributed by atoms with Crippen molar-refractivity contribution in [3.05, 3.63) is 46.2 Å². The standard InChI is InChI=1S/C20H25ClN4O3S/c1-14-19(15(2)25(22-14)18-6-11-29(27,28)13-18)23-7-9-24(10-8-23)20(26)16-4-3-5-17(21)12-16/h3-5,12,18H,6-11,13H2,1-2H3. The van der Waals surface area contributed by atoms with Crippen LogP contribution in [-0.2, 0) is 9.84 Å². The van der Waals surface area contributed by atoms with E-state index in [1.54, 1.807) is 24.3 Å². The molecule has 0 bridgehead atoms. The second kappa shape index (κ2) is 7.65. The quantitative estimate of drug-likeness (QED) is 0.738. The van der Waals surface area contributed by atoms with Gasteiger partial charge in [0.25, 0.3) is 5.91 Å². The van der Waals surface area contributed by atoms with Gasteiger partial charge >= 0.3 is 0 Å². The van der Waals surface area contributed by atoms with Crippen LogP contribution >= 0.6 is 11.6 Å². The monoisotopic (exact) mass is 436 g/mol. The molecule has 1 aromatic carbocycles. The van der Waals surface area contributed by atoms with Crippen molar-refractivity contribution < 1.29 is 13.2 Å². The molecule has 0 spiro atoms. The maximum absolute atomic E-state index is 12.7. The largest absolute Gasteiger partial charge is 0.365 e. The van der Waals surface area contributed by atoms with Crippen LogP contribution in [0.3, 0.4) is 0 Å². The van der Waals surface area contributed by atoms with Gasteiger partial charge in [-0.05, 0) is 38.5 Å². The number of benzene rings is 1. The van der Waals surface area contributed by atoms with Crippen LogP contribution in [0.2, 0.25) is 5.02 Å². The summed E-state index contributed by atoms with van der Waals surface area (Å²) in [5.41, 5.74) is 3.57.